The summed E-state index contributed by atoms with van der Waals surface area (Å²) in [6.45, 7) is 0.428. The Labute approximate surface area is 104 Å². The predicted octanol–water partition coefficient (Wildman–Crippen LogP) is 2.68. The van der Waals surface area contributed by atoms with E-state index in [2.05, 4.69) is 5.32 Å². The number of halogens is 2. The van der Waals surface area contributed by atoms with Crippen LogP contribution in [-0.2, 0) is 10.1 Å². The van der Waals surface area contributed by atoms with Crippen LogP contribution in [0, 0.1) is 0 Å². The van der Waals surface area contributed by atoms with Gasteiger partial charge in [0.05, 0.1) is 15.8 Å². The van der Waals surface area contributed by atoms with Gasteiger partial charge in [0, 0.05) is 12.2 Å². The lowest BCUT2D eigenvalue weighted by atomic mass is 10.3. The van der Waals surface area contributed by atoms with Crippen LogP contribution in [0.5, 0.6) is 0 Å². The molecule has 0 aliphatic heterocycles. The molecule has 90 valence electrons. The zero-order valence-electron chi connectivity index (χ0n) is 8.28. The lowest BCUT2D eigenvalue weighted by Gasteiger charge is -2.06. The van der Waals surface area contributed by atoms with E-state index in [1.54, 1.807) is 18.2 Å². The molecule has 7 heteroatoms. The molecule has 0 amide bonds. The largest absolute Gasteiger partial charge is 0.385 e. The monoisotopic (exact) mass is 283 g/mol. The van der Waals surface area contributed by atoms with Crippen LogP contribution in [-0.4, -0.2) is 25.3 Å². The first-order valence-corrected chi connectivity index (χ1v) is 6.89. The molecule has 0 unspecified atom stereocenters. The van der Waals surface area contributed by atoms with Crippen molar-refractivity contribution in [3.63, 3.8) is 0 Å². The number of rotatable bonds is 5. The third-order valence-electron chi connectivity index (χ3n) is 1.83. The predicted molar refractivity (Wildman–Crippen MR) is 66.0 cm³/mol. The average Bonchev–Trinajstić information content (AvgIpc) is 2.17. The SMILES string of the molecule is O=S(=O)(O)CCCNc1ccc(Cl)c(Cl)c1. The minimum Gasteiger partial charge on any atom is -0.385 e. The normalized spacial score (nSPS) is 11.4. The van der Waals surface area contributed by atoms with E-state index in [1.807, 2.05) is 0 Å². The summed E-state index contributed by atoms with van der Waals surface area (Å²) in [4.78, 5) is 0. The van der Waals surface area contributed by atoms with Gasteiger partial charge >= 0.3 is 0 Å². The molecule has 0 aromatic heterocycles. The van der Waals surface area contributed by atoms with Crippen molar-refractivity contribution >= 4 is 39.0 Å². The highest BCUT2D eigenvalue weighted by Crippen LogP contribution is 2.24. The highest BCUT2D eigenvalue weighted by atomic mass is 35.5. The van der Waals surface area contributed by atoms with Gasteiger partial charge in [-0.05, 0) is 24.6 Å². The van der Waals surface area contributed by atoms with Crippen LogP contribution < -0.4 is 5.32 Å². The lowest BCUT2D eigenvalue weighted by molar-refractivity contribution is 0.481. The molecular weight excluding hydrogens is 273 g/mol. The minimum absolute atomic E-state index is 0.263. The molecule has 0 aliphatic rings. The zero-order chi connectivity index (χ0) is 12.2. The minimum atomic E-state index is -3.88. The Hall–Kier alpha value is -0.490. The average molecular weight is 284 g/mol. The number of anilines is 1. The second-order valence-electron chi connectivity index (χ2n) is 3.20. The summed E-state index contributed by atoms with van der Waals surface area (Å²) in [6.07, 6.45) is 0.319. The van der Waals surface area contributed by atoms with Gasteiger partial charge in [-0.2, -0.15) is 8.42 Å². The summed E-state index contributed by atoms with van der Waals surface area (Å²) in [7, 11) is -3.88. The van der Waals surface area contributed by atoms with Crippen LogP contribution in [0.1, 0.15) is 6.42 Å². The topological polar surface area (TPSA) is 66.4 Å². The van der Waals surface area contributed by atoms with Crippen LogP contribution in [0.2, 0.25) is 10.0 Å². The lowest BCUT2D eigenvalue weighted by Crippen LogP contribution is -2.10. The van der Waals surface area contributed by atoms with Crippen molar-refractivity contribution < 1.29 is 13.0 Å². The maximum Gasteiger partial charge on any atom is 0.264 e. The fourth-order valence-electron chi connectivity index (χ4n) is 1.09. The second-order valence-corrected chi connectivity index (χ2v) is 5.58. The summed E-state index contributed by atoms with van der Waals surface area (Å²) < 4.78 is 29.4. The summed E-state index contributed by atoms with van der Waals surface area (Å²) in [5, 5.41) is 3.86. The molecule has 0 bridgehead atoms. The standard InChI is InChI=1S/C9H11Cl2NO3S/c10-8-3-2-7(6-9(8)11)12-4-1-5-16(13,14)15/h2-3,6,12H,1,4-5H2,(H,13,14,15). The maximum atomic E-state index is 10.4. The smallest absolute Gasteiger partial charge is 0.264 e. The van der Waals surface area contributed by atoms with E-state index in [0.29, 0.717) is 23.0 Å². The van der Waals surface area contributed by atoms with E-state index in [1.165, 1.54) is 0 Å². The van der Waals surface area contributed by atoms with Crippen LogP contribution in [0.25, 0.3) is 0 Å². The molecule has 0 spiro atoms. The van der Waals surface area contributed by atoms with Crippen molar-refractivity contribution in [2.75, 3.05) is 17.6 Å². The van der Waals surface area contributed by atoms with Crippen molar-refractivity contribution in [1.29, 1.82) is 0 Å². The van der Waals surface area contributed by atoms with E-state index in [9.17, 15) is 8.42 Å². The van der Waals surface area contributed by atoms with Crippen molar-refractivity contribution in [2.45, 2.75) is 6.42 Å². The highest BCUT2D eigenvalue weighted by Gasteiger charge is 2.03. The van der Waals surface area contributed by atoms with E-state index in [4.69, 9.17) is 27.8 Å². The van der Waals surface area contributed by atoms with Crippen LogP contribution >= 0.6 is 23.2 Å². The summed E-state index contributed by atoms with van der Waals surface area (Å²) in [5.74, 6) is -0.263. The second kappa shape index (κ2) is 5.72. The van der Waals surface area contributed by atoms with Crippen molar-refractivity contribution in [1.82, 2.24) is 0 Å². The molecule has 0 radical (unpaired) electrons. The highest BCUT2D eigenvalue weighted by molar-refractivity contribution is 7.85. The molecule has 16 heavy (non-hydrogen) atoms. The Morgan fingerprint density at radius 1 is 1.25 bits per heavy atom. The molecule has 0 heterocycles. The van der Waals surface area contributed by atoms with Gasteiger partial charge in [0.2, 0.25) is 0 Å². The third kappa shape index (κ3) is 5.03. The summed E-state index contributed by atoms with van der Waals surface area (Å²) in [5.41, 5.74) is 0.754. The van der Waals surface area contributed by atoms with Gasteiger partial charge in [-0.25, -0.2) is 0 Å². The van der Waals surface area contributed by atoms with E-state index in [0.717, 1.165) is 5.69 Å². The Kier molecular flexibility index (Phi) is 4.86. The number of nitrogens with one attached hydrogen (secondary N) is 1. The first-order valence-electron chi connectivity index (χ1n) is 4.52. The molecule has 0 saturated carbocycles. The molecule has 1 rings (SSSR count). The van der Waals surface area contributed by atoms with Crippen molar-refractivity contribution in [3.05, 3.63) is 28.2 Å². The fraction of sp³-hybridized carbons (Fsp3) is 0.333. The van der Waals surface area contributed by atoms with E-state index < -0.39 is 10.1 Å². The molecule has 0 atom stereocenters. The molecule has 4 nitrogen and oxygen atoms in total. The fourth-order valence-corrected chi connectivity index (χ4v) is 1.90. The Balaban J connectivity index is 2.41. The molecular formula is C9H11Cl2NO3S. The van der Waals surface area contributed by atoms with Crippen LogP contribution in [0.15, 0.2) is 18.2 Å². The van der Waals surface area contributed by atoms with Gasteiger partial charge in [-0.1, -0.05) is 23.2 Å². The van der Waals surface area contributed by atoms with Gasteiger partial charge in [0.1, 0.15) is 0 Å². The van der Waals surface area contributed by atoms with Gasteiger partial charge in [0.15, 0.2) is 0 Å². The van der Waals surface area contributed by atoms with E-state index >= 15 is 0 Å². The molecule has 0 saturated heterocycles. The maximum absolute atomic E-state index is 10.4. The quantitative estimate of drug-likeness (QED) is 0.644. The van der Waals surface area contributed by atoms with Crippen molar-refractivity contribution in [2.24, 2.45) is 0 Å². The number of hydrogen-bond donors (Lipinski definition) is 2. The molecule has 1 aromatic carbocycles. The zero-order valence-corrected chi connectivity index (χ0v) is 10.6. The Morgan fingerprint density at radius 2 is 1.94 bits per heavy atom. The van der Waals surface area contributed by atoms with Gasteiger partial charge in [-0.3, -0.25) is 4.55 Å². The molecule has 0 fully saturated rings. The summed E-state index contributed by atoms with van der Waals surface area (Å²) in [6, 6.07) is 5.04. The molecule has 2 N–H and O–H groups in total. The number of benzene rings is 1. The van der Waals surface area contributed by atoms with Gasteiger partial charge < -0.3 is 5.32 Å². The Bertz CT molecular complexity index is 462. The van der Waals surface area contributed by atoms with Crippen LogP contribution in [0.3, 0.4) is 0 Å². The number of hydrogen-bond acceptors (Lipinski definition) is 3. The molecule has 0 aliphatic carbocycles. The van der Waals surface area contributed by atoms with E-state index in [-0.39, 0.29) is 5.75 Å². The van der Waals surface area contributed by atoms with Crippen molar-refractivity contribution in [3.8, 4) is 0 Å². The first kappa shape index (κ1) is 13.6. The van der Waals surface area contributed by atoms with Gasteiger partial charge in [-0.15, -0.1) is 0 Å². The third-order valence-corrected chi connectivity index (χ3v) is 3.37. The first-order chi connectivity index (χ1) is 7.38. The Morgan fingerprint density at radius 3 is 2.50 bits per heavy atom. The molecule has 1 aromatic rings. The van der Waals surface area contributed by atoms with Crippen LogP contribution in [0.4, 0.5) is 5.69 Å². The van der Waals surface area contributed by atoms with Gasteiger partial charge in [0.25, 0.3) is 10.1 Å². The summed E-state index contributed by atoms with van der Waals surface area (Å²) >= 11 is 11.5.